The van der Waals surface area contributed by atoms with Gasteiger partial charge in [-0.15, -0.1) is 11.8 Å². The Balaban J connectivity index is 2.19. The summed E-state index contributed by atoms with van der Waals surface area (Å²) in [7, 11) is 0. The molecule has 0 radical (unpaired) electrons. The van der Waals surface area contributed by atoms with Crippen LogP contribution in [0.5, 0.6) is 0 Å². The third-order valence-corrected chi connectivity index (χ3v) is 4.05. The molecule has 94 valence electrons. The Hall–Kier alpha value is -1.48. The summed E-state index contributed by atoms with van der Waals surface area (Å²) in [6, 6.07) is 11.1. The van der Waals surface area contributed by atoms with Crippen molar-refractivity contribution in [1.29, 1.82) is 0 Å². The van der Waals surface area contributed by atoms with E-state index in [0.717, 1.165) is 0 Å². The maximum atomic E-state index is 13.6. The molecule has 0 atom stereocenters. The first-order valence-corrected chi connectivity index (χ1v) is 6.79. The van der Waals surface area contributed by atoms with E-state index >= 15 is 0 Å². The Morgan fingerprint density at radius 3 is 2.67 bits per heavy atom. The van der Waals surface area contributed by atoms with Gasteiger partial charge in [-0.05, 0) is 37.6 Å². The van der Waals surface area contributed by atoms with E-state index in [1.165, 1.54) is 22.1 Å². The zero-order valence-corrected chi connectivity index (χ0v) is 11.4. The van der Waals surface area contributed by atoms with Crippen molar-refractivity contribution in [3.63, 3.8) is 0 Å². The molecule has 1 nitrogen and oxygen atoms in total. The number of hydrogen-bond acceptors (Lipinski definition) is 2. The van der Waals surface area contributed by atoms with Crippen LogP contribution < -0.4 is 5.73 Å². The van der Waals surface area contributed by atoms with Crippen LogP contribution in [0.4, 0.5) is 10.1 Å². The highest BCUT2D eigenvalue weighted by Crippen LogP contribution is 2.29. The Morgan fingerprint density at radius 1 is 1.17 bits per heavy atom. The SMILES string of the molecule is Cc1ccc(C)c(SCc2c(N)cccc2F)c1. The Kier molecular flexibility index (Phi) is 3.92. The van der Waals surface area contributed by atoms with Crippen molar-refractivity contribution in [3.05, 3.63) is 58.9 Å². The third-order valence-electron chi connectivity index (χ3n) is 2.87. The molecular formula is C15H16FNS. The number of nitrogens with two attached hydrogens (primary N) is 1. The summed E-state index contributed by atoms with van der Waals surface area (Å²) in [4.78, 5) is 1.18. The van der Waals surface area contributed by atoms with Crippen molar-refractivity contribution in [2.75, 3.05) is 5.73 Å². The number of thioether (sulfide) groups is 1. The Morgan fingerprint density at radius 2 is 1.94 bits per heavy atom. The van der Waals surface area contributed by atoms with Crippen molar-refractivity contribution in [2.24, 2.45) is 0 Å². The fourth-order valence-electron chi connectivity index (χ4n) is 1.74. The van der Waals surface area contributed by atoms with E-state index in [4.69, 9.17) is 5.73 Å². The van der Waals surface area contributed by atoms with Gasteiger partial charge >= 0.3 is 0 Å². The molecule has 3 heteroatoms. The molecule has 0 aliphatic rings. The Labute approximate surface area is 111 Å². The van der Waals surface area contributed by atoms with Crippen molar-refractivity contribution in [1.82, 2.24) is 0 Å². The molecule has 0 unspecified atom stereocenters. The number of benzene rings is 2. The molecule has 0 amide bonds. The van der Waals surface area contributed by atoms with Crippen LogP contribution in [-0.2, 0) is 5.75 Å². The normalized spacial score (nSPS) is 10.6. The average Bonchev–Trinajstić information content (AvgIpc) is 2.33. The fraction of sp³-hybridized carbons (Fsp3) is 0.200. The van der Waals surface area contributed by atoms with Crippen LogP contribution in [0.15, 0.2) is 41.3 Å². The zero-order chi connectivity index (χ0) is 13.1. The quantitative estimate of drug-likeness (QED) is 0.658. The molecule has 2 aromatic carbocycles. The second-order valence-electron chi connectivity index (χ2n) is 4.37. The topological polar surface area (TPSA) is 26.0 Å². The predicted molar refractivity (Wildman–Crippen MR) is 76.3 cm³/mol. The molecule has 0 fully saturated rings. The molecule has 0 spiro atoms. The van der Waals surface area contributed by atoms with Crippen molar-refractivity contribution < 1.29 is 4.39 Å². The highest BCUT2D eigenvalue weighted by atomic mass is 32.2. The molecule has 0 aromatic heterocycles. The van der Waals surface area contributed by atoms with Gasteiger partial charge in [0.1, 0.15) is 5.82 Å². The second kappa shape index (κ2) is 5.44. The lowest BCUT2D eigenvalue weighted by molar-refractivity contribution is 0.618. The van der Waals surface area contributed by atoms with Gasteiger partial charge in [-0.3, -0.25) is 0 Å². The third kappa shape index (κ3) is 2.85. The summed E-state index contributed by atoms with van der Waals surface area (Å²) in [6.45, 7) is 4.12. The molecular weight excluding hydrogens is 245 g/mol. The van der Waals surface area contributed by atoms with Gasteiger partial charge in [-0.25, -0.2) is 4.39 Å². The lowest BCUT2D eigenvalue weighted by atomic mass is 10.2. The first kappa shape index (κ1) is 13.0. The molecule has 2 rings (SSSR count). The summed E-state index contributed by atoms with van der Waals surface area (Å²) in [5, 5.41) is 0. The smallest absolute Gasteiger partial charge is 0.129 e. The maximum absolute atomic E-state index is 13.6. The monoisotopic (exact) mass is 261 g/mol. The molecule has 0 heterocycles. The van der Waals surface area contributed by atoms with Crippen LogP contribution in [0.3, 0.4) is 0 Å². The van der Waals surface area contributed by atoms with Gasteiger partial charge in [-0.2, -0.15) is 0 Å². The van der Waals surface area contributed by atoms with Crippen molar-refractivity contribution in [2.45, 2.75) is 24.5 Å². The number of nitrogen functional groups attached to an aromatic ring is 1. The van der Waals surface area contributed by atoms with Gasteiger partial charge in [0.15, 0.2) is 0 Å². The zero-order valence-electron chi connectivity index (χ0n) is 10.5. The molecule has 0 bridgehead atoms. The van der Waals surface area contributed by atoms with Crippen LogP contribution in [0.2, 0.25) is 0 Å². The maximum Gasteiger partial charge on any atom is 0.129 e. The molecule has 18 heavy (non-hydrogen) atoms. The van der Waals surface area contributed by atoms with Gasteiger partial charge < -0.3 is 5.73 Å². The van der Waals surface area contributed by atoms with E-state index in [-0.39, 0.29) is 5.82 Å². The lowest BCUT2D eigenvalue weighted by Crippen LogP contribution is -1.96. The van der Waals surface area contributed by atoms with Crippen molar-refractivity contribution >= 4 is 17.4 Å². The van der Waals surface area contributed by atoms with Crippen LogP contribution >= 0.6 is 11.8 Å². The van der Waals surface area contributed by atoms with Gasteiger partial charge in [0.25, 0.3) is 0 Å². The first-order chi connectivity index (χ1) is 8.58. The van der Waals surface area contributed by atoms with Gasteiger partial charge in [0.2, 0.25) is 0 Å². The molecule has 2 aromatic rings. The fourth-order valence-corrected chi connectivity index (χ4v) is 2.91. The standard InChI is InChI=1S/C15H16FNS/c1-10-6-7-11(2)15(8-10)18-9-12-13(16)4-3-5-14(12)17/h3-8H,9,17H2,1-2H3. The number of hydrogen-bond donors (Lipinski definition) is 1. The van der Waals surface area contributed by atoms with E-state index in [2.05, 4.69) is 32.0 Å². The molecule has 0 saturated carbocycles. The summed E-state index contributed by atoms with van der Waals surface area (Å²) in [5.41, 5.74) is 9.33. The van der Waals surface area contributed by atoms with E-state index < -0.39 is 0 Å². The lowest BCUT2D eigenvalue weighted by Gasteiger charge is -2.09. The average molecular weight is 261 g/mol. The van der Waals surface area contributed by atoms with Crippen LogP contribution in [-0.4, -0.2) is 0 Å². The number of anilines is 1. The number of rotatable bonds is 3. The highest BCUT2D eigenvalue weighted by molar-refractivity contribution is 7.98. The summed E-state index contributed by atoms with van der Waals surface area (Å²) >= 11 is 1.62. The highest BCUT2D eigenvalue weighted by Gasteiger charge is 2.07. The molecule has 0 saturated heterocycles. The molecule has 2 N–H and O–H groups in total. The van der Waals surface area contributed by atoms with Gasteiger partial charge in [-0.1, -0.05) is 23.8 Å². The van der Waals surface area contributed by atoms with Gasteiger partial charge in [0, 0.05) is 21.9 Å². The molecule has 0 aliphatic heterocycles. The minimum atomic E-state index is -0.229. The number of aryl methyl sites for hydroxylation is 2. The minimum Gasteiger partial charge on any atom is -0.398 e. The predicted octanol–water partition coefficient (Wildman–Crippen LogP) is 4.32. The first-order valence-electron chi connectivity index (χ1n) is 5.81. The van der Waals surface area contributed by atoms with Crippen LogP contribution in [0.1, 0.15) is 16.7 Å². The summed E-state index contributed by atoms with van der Waals surface area (Å²) < 4.78 is 13.6. The largest absolute Gasteiger partial charge is 0.398 e. The summed E-state index contributed by atoms with van der Waals surface area (Å²) in [5.74, 6) is 0.329. The summed E-state index contributed by atoms with van der Waals surface area (Å²) in [6.07, 6.45) is 0. The Bertz CT molecular complexity index is 546. The molecule has 0 aliphatic carbocycles. The van der Waals surface area contributed by atoms with Crippen LogP contribution in [0, 0.1) is 19.7 Å². The van der Waals surface area contributed by atoms with E-state index in [1.807, 2.05) is 0 Å². The number of halogens is 1. The van der Waals surface area contributed by atoms with Gasteiger partial charge in [0.05, 0.1) is 0 Å². The van der Waals surface area contributed by atoms with E-state index in [0.29, 0.717) is 17.0 Å². The second-order valence-corrected chi connectivity index (χ2v) is 5.38. The van der Waals surface area contributed by atoms with Crippen molar-refractivity contribution in [3.8, 4) is 0 Å². The van der Waals surface area contributed by atoms with Crippen LogP contribution in [0.25, 0.3) is 0 Å². The minimum absolute atomic E-state index is 0.229. The van der Waals surface area contributed by atoms with E-state index in [1.54, 1.807) is 23.9 Å². The van der Waals surface area contributed by atoms with E-state index in [9.17, 15) is 4.39 Å².